The van der Waals surface area contributed by atoms with Gasteiger partial charge in [-0.2, -0.15) is 0 Å². The first-order chi connectivity index (χ1) is 14.7. The average Bonchev–Trinajstić information content (AvgIpc) is 3.29. The number of hydrogen-bond donors (Lipinski definition) is 1. The number of aromatic nitrogens is 1. The van der Waals surface area contributed by atoms with E-state index in [1.54, 1.807) is 0 Å². The summed E-state index contributed by atoms with van der Waals surface area (Å²) in [5.74, 6) is -0.248. The smallest absolute Gasteiger partial charge is 0.319 e. The largest absolute Gasteiger partial charge is 0.325 e. The summed E-state index contributed by atoms with van der Waals surface area (Å²) in [6, 6.07) is 26.6. The third kappa shape index (κ3) is 3.15. The van der Waals surface area contributed by atoms with Gasteiger partial charge in [0.15, 0.2) is 5.54 Å². The predicted octanol–water partition coefficient (Wildman–Crippen LogP) is 4.49. The number of para-hydroxylation sites is 1. The first-order valence-corrected chi connectivity index (χ1v) is 10.6. The Morgan fingerprint density at radius 3 is 2.27 bits per heavy atom. The van der Waals surface area contributed by atoms with Gasteiger partial charge in [-0.3, -0.25) is 9.69 Å². The summed E-state index contributed by atoms with van der Waals surface area (Å²) in [6.07, 6.45) is 0.388. The van der Waals surface area contributed by atoms with E-state index in [2.05, 4.69) is 10.3 Å². The van der Waals surface area contributed by atoms with E-state index >= 15 is 0 Å². The zero-order valence-corrected chi connectivity index (χ0v) is 16.9. The van der Waals surface area contributed by atoms with Crippen LogP contribution in [0.25, 0.3) is 10.2 Å². The maximum Gasteiger partial charge on any atom is 0.325 e. The highest BCUT2D eigenvalue weighted by Crippen LogP contribution is 2.34. The van der Waals surface area contributed by atoms with Gasteiger partial charge in [-0.05, 0) is 23.3 Å². The van der Waals surface area contributed by atoms with Crippen LogP contribution in [0, 0.1) is 0 Å². The molecular formula is C24H19N3O2S. The molecule has 6 heteroatoms. The van der Waals surface area contributed by atoms with Gasteiger partial charge in [0.05, 0.1) is 16.8 Å². The molecule has 30 heavy (non-hydrogen) atoms. The zero-order valence-electron chi connectivity index (χ0n) is 16.1. The van der Waals surface area contributed by atoms with Crippen molar-refractivity contribution < 1.29 is 9.59 Å². The van der Waals surface area contributed by atoms with E-state index in [-0.39, 0.29) is 18.5 Å². The fourth-order valence-electron chi connectivity index (χ4n) is 3.93. The second-order valence-corrected chi connectivity index (χ2v) is 8.45. The van der Waals surface area contributed by atoms with Crippen LogP contribution in [-0.4, -0.2) is 21.8 Å². The Hall–Kier alpha value is -3.51. The number of nitrogens with zero attached hydrogens (tertiary/aromatic N) is 2. The molecule has 2 heterocycles. The van der Waals surface area contributed by atoms with E-state index in [9.17, 15) is 9.59 Å². The summed E-state index contributed by atoms with van der Waals surface area (Å²) in [5, 5.41) is 3.74. The molecule has 0 aliphatic carbocycles. The maximum absolute atomic E-state index is 13.7. The third-order valence-corrected chi connectivity index (χ3v) is 6.41. The van der Waals surface area contributed by atoms with Gasteiger partial charge >= 0.3 is 6.03 Å². The van der Waals surface area contributed by atoms with Crippen molar-refractivity contribution in [3.8, 4) is 0 Å². The van der Waals surface area contributed by atoms with E-state index in [4.69, 9.17) is 0 Å². The number of carbonyl (C=O) groups is 2. The molecule has 5 rings (SSSR count). The Morgan fingerprint density at radius 1 is 0.867 bits per heavy atom. The minimum absolute atomic E-state index is 0.160. The van der Waals surface area contributed by atoms with E-state index < -0.39 is 5.54 Å². The summed E-state index contributed by atoms with van der Waals surface area (Å²) in [7, 11) is 0. The number of hydrogen-bond acceptors (Lipinski definition) is 4. The van der Waals surface area contributed by atoms with Gasteiger partial charge in [-0.15, -0.1) is 11.3 Å². The lowest BCUT2D eigenvalue weighted by atomic mass is 9.83. The summed E-state index contributed by atoms with van der Waals surface area (Å²) >= 11 is 1.50. The highest BCUT2D eigenvalue weighted by atomic mass is 32.1. The van der Waals surface area contributed by atoms with Gasteiger partial charge in [0.25, 0.3) is 5.91 Å². The highest BCUT2D eigenvalue weighted by molar-refractivity contribution is 7.18. The number of nitrogens with one attached hydrogen (secondary N) is 1. The maximum atomic E-state index is 13.7. The summed E-state index contributed by atoms with van der Waals surface area (Å²) in [6.45, 7) is 0.160. The van der Waals surface area contributed by atoms with Crippen LogP contribution >= 0.6 is 11.3 Å². The fraction of sp³-hybridized carbons (Fsp3) is 0.125. The van der Waals surface area contributed by atoms with Crippen LogP contribution in [0.4, 0.5) is 4.79 Å². The molecule has 0 unspecified atom stereocenters. The van der Waals surface area contributed by atoms with E-state index in [0.717, 1.165) is 26.4 Å². The number of thiazole rings is 1. The molecule has 1 N–H and O–H groups in total. The first-order valence-electron chi connectivity index (χ1n) is 9.74. The summed E-state index contributed by atoms with van der Waals surface area (Å²) in [5.41, 5.74) is 1.51. The highest BCUT2D eigenvalue weighted by Gasteiger charge is 2.52. The number of rotatable bonds is 5. The predicted molar refractivity (Wildman–Crippen MR) is 117 cm³/mol. The van der Waals surface area contributed by atoms with E-state index in [0.29, 0.717) is 6.42 Å². The van der Waals surface area contributed by atoms with Gasteiger partial charge in [-0.1, -0.05) is 72.8 Å². The van der Waals surface area contributed by atoms with Crippen molar-refractivity contribution in [1.82, 2.24) is 15.2 Å². The Morgan fingerprint density at radius 2 is 1.53 bits per heavy atom. The number of imide groups is 1. The van der Waals surface area contributed by atoms with Crippen molar-refractivity contribution >= 4 is 33.5 Å². The molecule has 3 aromatic carbocycles. The number of fused-ring (bicyclic) bond motifs is 1. The molecule has 0 bridgehead atoms. The van der Waals surface area contributed by atoms with Gasteiger partial charge < -0.3 is 5.32 Å². The van der Waals surface area contributed by atoms with Gasteiger partial charge in [0.1, 0.15) is 5.01 Å². The van der Waals surface area contributed by atoms with Gasteiger partial charge in [0, 0.05) is 6.42 Å². The number of carbonyl (C=O) groups excluding carboxylic acids is 2. The van der Waals surface area contributed by atoms with Crippen molar-refractivity contribution in [2.75, 3.05) is 0 Å². The standard InChI is InChI=1S/C24H19N3O2S/c28-22-24(18-11-5-2-6-12-18,15-17-9-3-1-4-10-17)26-23(29)27(22)16-21-25-19-13-7-8-14-20(19)30-21/h1-14H,15-16H2,(H,26,29)/t24-/m1/s1. The lowest BCUT2D eigenvalue weighted by Gasteiger charge is -2.27. The normalized spacial score (nSPS) is 18.7. The number of urea groups is 1. The molecule has 1 atom stereocenters. The molecule has 0 saturated carbocycles. The molecule has 1 fully saturated rings. The first kappa shape index (κ1) is 18.5. The Bertz CT molecular complexity index is 1190. The minimum atomic E-state index is -1.13. The molecule has 5 nitrogen and oxygen atoms in total. The quantitative estimate of drug-likeness (QED) is 0.491. The molecule has 148 valence electrons. The Labute approximate surface area is 178 Å². The van der Waals surface area contributed by atoms with Crippen LogP contribution in [0.2, 0.25) is 0 Å². The minimum Gasteiger partial charge on any atom is -0.319 e. The van der Waals surface area contributed by atoms with E-state index in [1.165, 1.54) is 16.2 Å². The molecular weight excluding hydrogens is 394 g/mol. The SMILES string of the molecule is O=C1N[C@](Cc2ccccc2)(c2ccccc2)C(=O)N1Cc1nc2ccccc2s1. The lowest BCUT2D eigenvalue weighted by Crippen LogP contribution is -2.46. The Balaban J connectivity index is 1.52. The van der Waals surface area contributed by atoms with Crippen molar-refractivity contribution in [3.05, 3.63) is 101 Å². The Kier molecular flexibility index (Phi) is 4.56. The molecule has 3 amide bonds. The third-order valence-electron chi connectivity index (χ3n) is 5.39. The molecule has 0 spiro atoms. The van der Waals surface area contributed by atoms with Crippen molar-refractivity contribution in [2.45, 2.75) is 18.5 Å². The lowest BCUT2D eigenvalue weighted by molar-refractivity contribution is -0.132. The monoisotopic (exact) mass is 413 g/mol. The number of benzene rings is 3. The summed E-state index contributed by atoms with van der Waals surface area (Å²) in [4.78, 5) is 32.5. The van der Waals surface area contributed by atoms with Crippen molar-refractivity contribution in [3.63, 3.8) is 0 Å². The molecule has 1 aromatic heterocycles. The second-order valence-electron chi connectivity index (χ2n) is 7.33. The second kappa shape index (κ2) is 7.39. The molecule has 4 aromatic rings. The zero-order chi connectivity index (χ0) is 20.6. The molecule has 1 aliphatic rings. The topological polar surface area (TPSA) is 62.3 Å². The van der Waals surface area contributed by atoms with Crippen LogP contribution in [0.5, 0.6) is 0 Å². The van der Waals surface area contributed by atoms with Gasteiger partial charge in [0.2, 0.25) is 0 Å². The van der Waals surface area contributed by atoms with Crippen LogP contribution in [-0.2, 0) is 23.3 Å². The van der Waals surface area contributed by atoms with Gasteiger partial charge in [-0.25, -0.2) is 9.78 Å². The fourth-order valence-corrected chi connectivity index (χ4v) is 4.89. The van der Waals surface area contributed by atoms with Crippen LogP contribution < -0.4 is 5.32 Å². The van der Waals surface area contributed by atoms with Crippen LogP contribution in [0.15, 0.2) is 84.9 Å². The molecule has 1 saturated heterocycles. The van der Waals surface area contributed by atoms with Crippen molar-refractivity contribution in [1.29, 1.82) is 0 Å². The van der Waals surface area contributed by atoms with E-state index in [1.807, 2.05) is 84.9 Å². The average molecular weight is 414 g/mol. The number of amides is 3. The van der Waals surface area contributed by atoms with Crippen LogP contribution in [0.3, 0.4) is 0 Å². The summed E-state index contributed by atoms with van der Waals surface area (Å²) < 4.78 is 1.04. The molecule has 0 radical (unpaired) electrons. The molecule has 1 aliphatic heterocycles. The van der Waals surface area contributed by atoms with Crippen molar-refractivity contribution in [2.24, 2.45) is 0 Å². The van der Waals surface area contributed by atoms with Crippen LogP contribution in [0.1, 0.15) is 16.1 Å².